The van der Waals surface area contributed by atoms with Gasteiger partial charge in [0, 0.05) is 7.11 Å². The maximum absolute atomic E-state index is 13.5. The van der Waals surface area contributed by atoms with Crippen molar-refractivity contribution in [2.45, 2.75) is 38.3 Å². The van der Waals surface area contributed by atoms with Crippen LogP contribution >= 0.6 is 0 Å². The minimum absolute atomic E-state index is 0.0516. The number of hydroxylamine groups is 2. The number of nitrogens with one attached hydrogen (secondary N) is 1. The molecule has 2 N–H and O–H groups in total. The average molecular weight is 457 g/mol. The molecule has 2 rings (SSSR count). The highest BCUT2D eigenvalue weighted by Gasteiger charge is 2.35. The van der Waals surface area contributed by atoms with E-state index in [1.54, 1.807) is 24.3 Å². The van der Waals surface area contributed by atoms with Gasteiger partial charge in [-0.2, -0.15) is 0 Å². The zero-order valence-electron chi connectivity index (χ0n) is 19.1. The molecule has 3 atom stereocenters. The number of benzene rings is 2. The van der Waals surface area contributed by atoms with E-state index in [1.165, 1.54) is 7.11 Å². The van der Waals surface area contributed by atoms with Crippen molar-refractivity contribution in [1.29, 1.82) is 0 Å². The Morgan fingerprint density at radius 1 is 1.06 bits per heavy atom. The minimum Gasteiger partial charge on any atom is -0.461 e. The Morgan fingerprint density at radius 2 is 1.70 bits per heavy atom. The summed E-state index contributed by atoms with van der Waals surface area (Å²) in [5.41, 5.74) is 1.44. The third-order valence-corrected chi connectivity index (χ3v) is 5.32. The number of nitrogens with zero attached hydrogens (tertiary/aromatic N) is 1. The zero-order chi connectivity index (χ0) is 24.1. The first-order valence-electron chi connectivity index (χ1n) is 11.0. The molecule has 0 saturated carbocycles. The summed E-state index contributed by atoms with van der Waals surface area (Å²) in [6.07, 6.45) is 1.64. The maximum atomic E-state index is 13.5. The fourth-order valence-electron chi connectivity index (χ4n) is 3.65. The van der Waals surface area contributed by atoms with Crippen LogP contribution in [0.5, 0.6) is 0 Å². The second kappa shape index (κ2) is 14.0. The van der Waals surface area contributed by atoms with Crippen LogP contribution < -0.4 is 5.32 Å². The number of ether oxygens (including phenoxy) is 2. The summed E-state index contributed by atoms with van der Waals surface area (Å²) in [4.78, 5) is 37.7. The molecule has 0 aliphatic rings. The largest absolute Gasteiger partial charge is 0.461 e. The fraction of sp³-hybridized carbons (Fsp3) is 0.400. The molecule has 8 nitrogen and oxygen atoms in total. The van der Waals surface area contributed by atoms with E-state index in [9.17, 15) is 19.6 Å². The first-order valence-corrected chi connectivity index (χ1v) is 11.0. The number of rotatable bonds is 14. The number of amides is 2. The first-order chi connectivity index (χ1) is 16.0. The highest BCUT2D eigenvalue weighted by atomic mass is 16.6. The van der Waals surface area contributed by atoms with Crippen LogP contribution in [0.25, 0.3) is 0 Å². The molecule has 8 heteroatoms. The molecule has 2 aromatic rings. The van der Waals surface area contributed by atoms with Crippen molar-refractivity contribution >= 4 is 18.3 Å². The number of hydrogen-bond acceptors (Lipinski definition) is 6. The summed E-state index contributed by atoms with van der Waals surface area (Å²) < 4.78 is 10.2. The van der Waals surface area contributed by atoms with E-state index < -0.39 is 29.9 Å². The molecule has 0 heterocycles. The number of carbonyl (C=O) groups excluding carboxylic acids is 3. The Bertz CT molecular complexity index is 862. The number of hydrogen-bond donors (Lipinski definition) is 2. The summed E-state index contributed by atoms with van der Waals surface area (Å²) >= 11 is 0. The van der Waals surface area contributed by atoms with Gasteiger partial charge in [-0.25, -0.2) is 9.86 Å². The van der Waals surface area contributed by atoms with Gasteiger partial charge < -0.3 is 14.8 Å². The average Bonchev–Trinajstić information content (AvgIpc) is 2.85. The van der Waals surface area contributed by atoms with Crippen molar-refractivity contribution in [1.82, 2.24) is 10.4 Å². The van der Waals surface area contributed by atoms with E-state index >= 15 is 0 Å². The molecule has 0 radical (unpaired) electrons. The molecular formula is C25H32N2O6. The second-order valence-electron chi connectivity index (χ2n) is 7.65. The summed E-state index contributed by atoms with van der Waals surface area (Å²) in [7, 11) is 1.50. The van der Waals surface area contributed by atoms with Gasteiger partial charge in [0.2, 0.25) is 12.3 Å². The lowest BCUT2D eigenvalue weighted by atomic mass is 9.88. The van der Waals surface area contributed by atoms with E-state index in [1.807, 2.05) is 43.3 Å². The summed E-state index contributed by atoms with van der Waals surface area (Å²) in [5.74, 6) is -1.87. The van der Waals surface area contributed by atoms with Crippen molar-refractivity contribution in [2.75, 3.05) is 20.3 Å². The van der Waals surface area contributed by atoms with Gasteiger partial charge in [-0.1, -0.05) is 74.0 Å². The predicted octanol–water partition coefficient (Wildman–Crippen LogP) is 2.91. The SMILES string of the molecule is CCC[C@@H]([C@@H](Cc1ccccc1)C(=O)N[C@H](C(=O)OCCOC)c1ccccc1)N(O)C=O. The molecule has 33 heavy (non-hydrogen) atoms. The smallest absolute Gasteiger partial charge is 0.333 e. The predicted molar refractivity (Wildman–Crippen MR) is 122 cm³/mol. The molecule has 0 spiro atoms. The maximum Gasteiger partial charge on any atom is 0.333 e. The van der Waals surface area contributed by atoms with Gasteiger partial charge in [0.15, 0.2) is 6.04 Å². The standard InChI is InChI=1S/C25H32N2O6/c1-3-10-22(27(31)18-28)21(17-19-11-6-4-7-12-19)24(29)26-23(20-13-8-5-9-14-20)25(30)33-16-15-32-2/h4-9,11-14,18,21-23,31H,3,10,15-17H2,1-2H3,(H,26,29)/t21-,22+,23+/m1/s1. The van der Waals surface area contributed by atoms with Crippen LogP contribution in [0.4, 0.5) is 0 Å². The molecule has 0 unspecified atom stereocenters. The third-order valence-electron chi connectivity index (χ3n) is 5.32. The molecular weight excluding hydrogens is 424 g/mol. The minimum atomic E-state index is -1.04. The van der Waals surface area contributed by atoms with Gasteiger partial charge in [0.1, 0.15) is 6.61 Å². The highest BCUT2D eigenvalue weighted by molar-refractivity contribution is 5.87. The van der Waals surface area contributed by atoms with Gasteiger partial charge in [0.05, 0.1) is 18.6 Å². The Kier molecular flexibility index (Phi) is 11.1. The van der Waals surface area contributed by atoms with Crippen LogP contribution in [0.1, 0.15) is 36.9 Å². The van der Waals surface area contributed by atoms with E-state index in [2.05, 4.69) is 5.32 Å². The van der Waals surface area contributed by atoms with Crippen molar-refractivity contribution in [3.05, 3.63) is 71.8 Å². The molecule has 0 bridgehead atoms. The monoisotopic (exact) mass is 456 g/mol. The highest BCUT2D eigenvalue weighted by Crippen LogP contribution is 2.23. The first kappa shape index (κ1) is 26.0. The van der Waals surface area contributed by atoms with Crippen LogP contribution in [0.15, 0.2) is 60.7 Å². The Balaban J connectivity index is 2.33. The van der Waals surface area contributed by atoms with Crippen LogP contribution in [-0.2, 0) is 30.3 Å². The van der Waals surface area contributed by atoms with E-state index in [0.29, 0.717) is 29.9 Å². The van der Waals surface area contributed by atoms with E-state index in [4.69, 9.17) is 9.47 Å². The number of esters is 1. The van der Waals surface area contributed by atoms with Crippen LogP contribution in [0.2, 0.25) is 0 Å². The van der Waals surface area contributed by atoms with Gasteiger partial charge in [-0.3, -0.25) is 14.8 Å². The Morgan fingerprint density at radius 3 is 2.27 bits per heavy atom. The third kappa shape index (κ3) is 8.00. The summed E-state index contributed by atoms with van der Waals surface area (Å²) in [6, 6.07) is 16.3. The van der Waals surface area contributed by atoms with Crippen molar-refractivity contribution < 1.29 is 29.1 Å². The molecule has 0 aliphatic heterocycles. The summed E-state index contributed by atoms with van der Waals surface area (Å²) in [5, 5.41) is 13.6. The van der Waals surface area contributed by atoms with Crippen LogP contribution in [0, 0.1) is 5.92 Å². The topological polar surface area (TPSA) is 105 Å². The Hall–Kier alpha value is -3.23. The quantitative estimate of drug-likeness (QED) is 0.149. The number of carbonyl (C=O) groups is 3. The molecule has 178 valence electrons. The fourth-order valence-corrected chi connectivity index (χ4v) is 3.65. The van der Waals surface area contributed by atoms with Gasteiger partial charge >= 0.3 is 5.97 Å². The van der Waals surface area contributed by atoms with Crippen LogP contribution in [0.3, 0.4) is 0 Å². The zero-order valence-corrected chi connectivity index (χ0v) is 19.1. The lowest BCUT2D eigenvalue weighted by molar-refractivity contribution is -0.169. The lowest BCUT2D eigenvalue weighted by Gasteiger charge is -2.31. The molecule has 2 aromatic carbocycles. The van der Waals surface area contributed by atoms with Gasteiger partial charge in [-0.15, -0.1) is 0 Å². The van der Waals surface area contributed by atoms with Crippen molar-refractivity contribution in [2.24, 2.45) is 5.92 Å². The van der Waals surface area contributed by atoms with E-state index in [0.717, 1.165) is 5.56 Å². The summed E-state index contributed by atoms with van der Waals surface area (Å²) in [6.45, 7) is 2.19. The lowest BCUT2D eigenvalue weighted by Crippen LogP contribution is -2.48. The molecule has 0 fully saturated rings. The van der Waals surface area contributed by atoms with Gasteiger partial charge in [0.25, 0.3) is 0 Å². The van der Waals surface area contributed by atoms with E-state index in [-0.39, 0.29) is 19.6 Å². The number of methoxy groups -OCH3 is 1. The van der Waals surface area contributed by atoms with Crippen molar-refractivity contribution in [3.63, 3.8) is 0 Å². The molecule has 2 amide bonds. The second-order valence-corrected chi connectivity index (χ2v) is 7.65. The van der Waals surface area contributed by atoms with Crippen molar-refractivity contribution in [3.8, 4) is 0 Å². The normalized spacial score (nSPS) is 13.4. The molecule has 0 aliphatic carbocycles. The molecule has 0 aromatic heterocycles. The van der Waals surface area contributed by atoms with Crippen LogP contribution in [-0.4, -0.2) is 54.9 Å². The molecule has 0 saturated heterocycles. The Labute approximate surface area is 194 Å². The van der Waals surface area contributed by atoms with Gasteiger partial charge in [-0.05, 0) is 24.0 Å².